The Morgan fingerprint density at radius 3 is 2.39 bits per heavy atom. The van der Waals surface area contributed by atoms with Crippen molar-refractivity contribution in [3.05, 3.63) is 48.0 Å². The zero-order valence-corrected chi connectivity index (χ0v) is 27.1. The Labute approximate surface area is 251 Å². The first-order valence-corrected chi connectivity index (χ1v) is 17.6. The first-order valence-electron chi connectivity index (χ1n) is 17.6. The molecule has 6 aliphatic carbocycles. The summed E-state index contributed by atoms with van der Waals surface area (Å²) in [6.07, 6.45) is 21.3. The molecule has 5 saturated carbocycles. The van der Waals surface area contributed by atoms with Crippen LogP contribution in [0.4, 0.5) is 0 Å². The van der Waals surface area contributed by atoms with E-state index in [1.807, 2.05) is 6.92 Å². The Morgan fingerprint density at radius 1 is 0.805 bits per heavy atom. The molecule has 1 amide bonds. The lowest BCUT2D eigenvalue weighted by Crippen LogP contribution is -2.62. The molecule has 5 fully saturated rings. The van der Waals surface area contributed by atoms with Crippen molar-refractivity contribution in [1.29, 1.82) is 0 Å². The standard InChI is InChI=1S/C36H53NO.C3H6/c1-33(2)19-9-20-35(4)30(33)18-22-34(3)27-17-23-36(21-8-13-28(36)26(27)15-16-31(34)35)32(38)37-29-14-7-11-24-10-5-6-12-25(24)29;1-3-2/h5-6,10,12,26-31H,7-9,11,13-23H2,1-4H3,(H,37,38);3H,1H2,2H3. The number of aryl methyl sites for hydroxylation is 1. The quantitative estimate of drug-likeness (QED) is 0.360. The molecular weight excluding hydrogens is 498 g/mol. The summed E-state index contributed by atoms with van der Waals surface area (Å²) in [5.41, 5.74) is 4.26. The number of benzene rings is 1. The smallest absolute Gasteiger partial charge is 0.226 e. The molecule has 1 N–H and O–H groups in total. The number of carbonyl (C=O) groups is 1. The maximum absolute atomic E-state index is 14.3. The third kappa shape index (κ3) is 4.59. The number of rotatable bonds is 2. The number of allylic oxidation sites excluding steroid dienone is 1. The van der Waals surface area contributed by atoms with Crippen molar-refractivity contribution in [3.63, 3.8) is 0 Å². The fourth-order valence-corrected chi connectivity index (χ4v) is 12.9. The number of hydrogen-bond acceptors (Lipinski definition) is 1. The van der Waals surface area contributed by atoms with Gasteiger partial charge in [0.05, 0.1) is 11.5 Å². The molecule has 0 aliphatic heterocycles. The molecule has 1 aromatic rings. The van der Waals surface area contributed by atoms with Gasteiger partial charge < -0.3 is 5.32 Å². The van der Waals surface area contributed by atoms with Crippen molar-refractivity contribution in [2.24, 2.45) is 51.2 Å². The summed E-state index contributed by atoms with van der Waals surface area (Å²) in [5, 5.41) is 3.68. The summed E-state index contributed by atoms with van der Waals surface area (Å²) in [6, 6.07) is 9.09. The normalized spacial score (nSPS) is 43.9. The second-order valence-electron chi connectivity index (χ2n) is 16.6. The van der Waals surface area contributed by atoms with Crippen molar-refractivity contribution in [2.75, 3.05) is 0 Å². The van der Waals surface area contributed by atoms with Gasteiger partial charge >= 0.3 is 0 Å². The van der Waals surface area contributed by atoms with Crippen LogP contribution in [-0.2, 0) is 11.2 Å². The van der Waals surface area contributed by atoms with Gasteiger partial charge in [-0.3, -0.25) is 4.79 Å². The third-order valence-electron chi connectivity index (χ3n) is 14.4. The second kappa shape index (κ2) is 10.9. The highest BCUT2D eigenvalue weighted by Gasteiger charge is 2.66. The Balaban J connectivity index is 0.000000967. The average Bonchev–Trinajstić information content (AvgIpc) is 3.39. The van der Waals surface area contributed by atoms with Crippen LogP contribution in [0.5, 0.6) is 0 Å². The van der Waals surface area contributed by atoms with Gasteiger partial charge in [0.2, 0.25) is 5.91 Å². The lowest BCUT2D eigenvalue weighted by molar-refractivity contribution is -0.196. The minimum atomic E-state index is -0.0926. The molecule has 0 saturated heterocycles. The van der Waals surface area contributed by atoms with Crippen LogP contribution in [0.3, 0.4) is 0 Å². The fraction of sp³-hybridized carbons (Fsp3) is 0.769. The molecule has 41 heavy (non-hydrogen) atoms. The Hall–Kier alpha value is -1.57. The number of fused-ring (bicyclic) bond motifs is 8. The molecule has 9 atom stereocenters. The van der Waals surface area contributed by atoms with Crippen molar-refractivity contribution in [2.45, 2.75) is 137 Å². The van der Waals surface area contributed by atoms with E-state index >= 15 is 0 Å². The number of amides is 1. The molecular formula is C39H59NO. The Bertz CT molecular complexity index is 1140. The third-order valence-corrected chi connectivity index (χ3v) is 14.4. The number of nitrogens with one attached hydrogen (secondary N) is 1. The van der Waals surface area contributed by atoms with E-state index in [-0.39, 0.29) is 11.5 Å². The van der Waals surface area contributed by atoms with Crippen molar-refractivity contribution >= 4 is 5.91 Å². The van der Waals surface area contributed by atoms with E-state index in [4.69, 9.17) is 0 Å². The van der Waals surface area contributed by atoms with Crippen molar-refractivity contribution < 1.29 is 4.79 Å². The van der Waals surface area contributed by atoms with E-state index in [1.165, 1.54) is 81.8 Å². The lowest BCUT2D eigenvalue weighted by atomic mass is 9.36. The zero-order chi connectivity index (χ0) is 29.0. The van der Waals surface area contributed by atoms with Gasteiger partial charge in [-0.25, -0.2) is 0 Å². The summed E-state index contributed by atoms with van der Waals surface area (Å²) < 4.78 is 0. The zero-order valence-electron chi connectivity index (χ0n) is 27.1. The topological polar surface area (TPSA) is 29.1 Å². The van der Waals surface area contributed by atoms with Crippen LogP contribution in [0.25, 0.3) is 0 Å². The monoisotopic (exact) mass is 557 g/mol. The largest absolute Gasteiger partial charge is 0.349 e. The molecule has 7 rings (SSSR count). The van der Waals surface area contributed by atoms with Crippen LogP contribution in [0, 0.1) is 51.2 Å². The highest BCUT2D eigenvalue weighted by atomic mass is 16.2. The molecule has 0 spiro atoms. The molecule has 2 heteroatoms. The van der Waals surface area contributed by atoms with Gasteiger partial charge in [0, 0.05) is 0 Å². The van der Waals surface area contributed by atoms with Crippen LogP contribution < -0.4 is 5.32 Å². The molecule has 0 bridgehead atoms. The SMILES string of the molecule is C=CC.CC1(C)CCCC2(C)C1CCC1(C)C3CCC4(C(=O)NC5CCCc6ccccc65)CCCC4C3CCC12. The molecule has 0 radical (unpaired) electrons. The Kier molecular flexibility index (Phi) is 7.81. The van der Waals surface area contributed by atoms with Gasteiger partial charge in [-0.05, 0) is 147 Å². The maximum atomic E-state index is 14.3. The highest BCUT2D eigenvalue weighted by molar-refractivity contribution is 5.84. The van der Waals surface area contributed by atoms with Crippen molar-refractivity contribution in [3.8, 4) is 0 Å². The molecule has 1 aromatic carbocycles. The van der Waals surface area contributed by atoms with Crippen LogP contribution in [0.1, 0.15) is 142 Å². The van der Waals surface area contributed by atoms with E-state index < -0.39 is 0 Å². The van der Waals surface area contributed by atoms with Crippen LogP contribution in [0.15, 0.2) is 36.9 Å². The predicted octanol–water partition coefficient (Wildman–Crippen LogP) is 10.2. The van der Waals surface area contributed by atoms with Crippen LogP contribution in [-0.4, -0.2) is 5.91 Å². The predicted molar refractivity (Wildman–Crippen MR) is 171 cm³/mol. The summed E-state index contributed by atoms with van der Waals surface area (Å²) in [5.74, 6) is 4.44. The highest BCUT2D eigenvalue weighted by Crippen LogP contribution is 2.73. The van der Waals surface area contributed by atoms with Gasteiger partial charge in [0.1, 0.15) is 0 Å². The minimum Gasteiger partial charge on any atom is -0.349 e. The molecule has 0 heterocycles. The fourth-order valence-electron chi connectivity index (χ4n) is 12.9. The summed E-state index contributed by atoms with van der Waals surface area (Å²) in [7, 11) is 0. The van der Waals surface area contributed by atoms with Crippen LogP contribution in [0.2, 0.25) is 0 Å². The summed E-state index contributed by atoms with van der Waals surface area (Å²) >= 11 is 0. The number of hydrogen-bond donors (Lipinski definition) is 1. The summed E-state index contributed by atoms with van der Waals surface area (Å²) in [6.45, 7) is 15.9. The molecule has 6 aliphatic rings. The van der Waals surface area contributed by atoms with Gasteiger partial charge in [0.25, 0.3) is 0 Å². The van der Waals surface area contributed by atoms with E-state index in [0.717, 1.165) is 49.4 Å². The minimum absolute atomic E-state index is 0.0926. The molecule has 9 unspecified atom stereocenters. The molecule has 2 nitrogen and oxygen atoms in total. The van der Waals surface area contributed by atoms with E-state index in [2.05, 4.69) is 63.9 Å². The second-order valence-corrected chi connectivity index (χ2v) is 16.6. The van der Waals surface area contributed by atoms with E-state index in [9.17, 15) is 4.79 Å². The van der Waals surface area contributed by atoms with Gasteiger partial charge in [0.15, 0.2) is 0 Å². The van der Waals surface area contributed by atoms with Crippen molar-refractivity contribution in [1.82, 2.24) is 5.32 Å². The average molecular weight is 558 g/mol. The number of carbonyl (C=O) groups excluding carboxylic acids is 1. The lowest BCUT2D eigenvalue weighted by Gasteiger charge is -2.68. The Morgan fingerprint density at radius 2 is 1.59 bits per heavy atom. The van der Waals surface area contributed by atoms with Gasteiger partial charge in [-0.1, -0.05) is 70.9 Å². The maximum Gasteiger partial charge on any atom is 0.226 e. The van der Waals surface area contributed by atoms with Crippen LogP contribution >= 0.6 is 0 Å². The van der Waals surface area contributed by atoms with E-state index in [0.29, 0.717) is 28.1 Å². The van der Waals surface area contributed by atoms with Gasteiger partial charge in [-0.2, -0.15) is 0 Å². The van der Waals surface area contributed by atoms with E-state index in [1.54, 1.807) is 6.08 Å². The first kappa shape index (κ1) is 29.5. The summed E-state index contributed by atoms with van der Waals surface area (Å²) in [4.78, 5) is 14.3. The first-order chi connectivity index (χ1) is 19.6. The molecule has 0 aromatic heterocycles. The van der Waals surface area contributed by atoms with Gasteiger partial charge in [-0.15, -0.1) is 6.58 Å². The molecule has 226 valence electrons.